The Balaban J connectivity index is 2.20. The van der Waals surface area contributed by atoms with Gasteiger partial charge in [0.15, 0.2) is 0 Å². The largest absolute Gasteiger partial charge is 0.480 e. The number of carbonyl (C=O) groups excluding carboxylic acids is 3. The summed E-state index contributed by atoms with van der Waals surface area (Å²) in [5, 5.41) is 17.9. The number of para-hydroxylation sites is 1. The number of benzene rings is 1. The fourth-order valence-corrected chi connectivity index (χ4v) is 3.80. The molecule has 0 aliphatic rings. The van der Waals surface area contributed by atoms with Gasteiger partial charge in [0, 0.05) is 23.5 Å². The molecule has 2 rings (SSSR count). The Kier molecular flexibility index (Phi) is 10.9. The molecule has 9 N–H and O–H groups in total. The number of aromatic nitrogens is 1. The van der Waals surface area contributed by atoms with Crippen molar-refractivity contribution in [3.05, 3.63) is 36.0 Å². The van der Waals surface area contributed by atoms with Crippen LogP contribution in [0.4, 0.5) is 0 Å². The number of aliphatic carboxylic acids is 1. The summed E-state index contributed by atoms with van der Waals surface area (Å²) in [5.41, 5.74) is 13.1. The molecule has 0 spiro atoms. The maximum Gasteiger partial charge on any atom is 0.325 e. The molecule has 1 aromatic heterocycles. The van der Waals surface area contributed by atoms with Crippen LogP contribution in [0.25, 0.3) is 10.9 Å². The van der Waals surface area contributed by atoms with E-state index in [1.165, 1.54) is 6.92 Å². The standard InChI is InChI=1S/C25H38N6O5/c1-14(2)21(31-22(32)18(27)9-6-7-11-26)24(34)30-20(23(33)29-15(3)25(35)36)12-16-13-28-19-10-5-4-8-17(16)19/h4-5,8,10,13-15,18,20-21,28H,6-7,9,11-12,26-27H2,1-3H3,(H,29,33)(H,30,34)(H,31,32)(H,35,36). The third-order valence-corrected chi connectivity index (χ3v) is 6.01. The molecular weight excluding hydrogens is 464 g/mol. The summed E-state index contributed by atoms with van der Waals surface area (Å²) in [6, 6.07) is 3.57. The van der Waals surface area contributed by atoms with Gasteiger partial charge in [-0.1, -0.05) is 38.5 Å². The van der Waals surface area contributed by atoms with Crippen molar-refractivity contribution in [1.29, 1.82) is 0 Å². The van der Waals surface area contributed by atoms with Gasteiger partial charge in [0.25, 0.3) is 0 Å². The van der Waals surface area contributed by atoms with Crippen LogP contribution in [0.15, 0.2) is 30.5 Å². The molecule has 0 saturated carbocycles. The first-order chi connectivity index (χ1) is 17.0. The maximum absolute atomic E-state index is 13.2. The summed E-state index contributed by atoms with van der Waals surface area (Å²) in [6.45, 7) is 5.39. The molecular formula is C25H38N6O5. The Labute approximate surface area is 210 Å². The molecule has 1 heterocycles. The number of hydrogen-bond acceptors (Lipinski definition) is 6. The monoisotopic (exact) mass is 502 g/mol. The van der Waals surface area contributed by atoms with E-state index in [2.05, 4.69) is 20.9 Å². The molecule has 0 saturated heterocycles. The topological polar surface area (TPSA) is 192 Å². The molecule has 0 bridgehead atoms. The summed E-state index contributed by atoms with van der Waals surface area (Å²) in [5.74, 6) is -3.15. The first-order valence-corrected chi connectivity index (χ1v) is 12.2. The molecule has 3 amide bonds. The van der Waals surface area contributed by atoms with Gasteiger partial charge in [0.1, 0.15) is 18.1 Å². The lowest BCUT2D eigenvalue weighted by atomic mass is 9.99. The molecule has 198 valence electrons. The van der Waals surface area contributed by atoms with Gasteiger partial charge in [-0.05, 0) is 43.9 Å². The minimum Gasteiger partial charge on any atom is -0.480 e. The third kappa shape index (κ3) is 8.06. The number of carboxylic acids is 1. The van der Waals surface area contributed by atoms with Gasteiger partial charge in [-0.2, -0.15) is 0 Å². The van der Waals surface area contributed by atoms with E-state index in [9.17, 15) is 24.3 Å². The number of carboxylic acid groups (broad SMARTS) is 1. The van der Waals surface area contributed by atoms with Crippen LogP contribution in [0.1, 0.15) is 45.6 Å². The highest BCUT2D eigenvalue weighted by Crippen LogP contribution is 2.19. The third-order valence-electron chi connectivity index (χ3n) is 6.01. The van der Waals surface area contributed by atoms with Crippen LogP contribution in [0.2, 0.25) is 0 Å². The minimum absolute atomic E-state index is 0.116. The Morgan fingerprint density at radius 3 is 2.31 bits per heavy atom. The number of unbranched alkanes of at least 4 members (excludes halogenated alkanes) is 1. The number of rotatable bonds is 14. The molecule has 11 heteroatoms. The van der Waals surface area contributed by atoms with Crippen LogP contribution >= 0.6 is 0 Å². The van der Waals surface area contributed by atoms with Crippen molar-refractivity contribution < 1.29 is 24.3 Å². The second-order valence-electron chi connectivity index (χ2n) is 9.31. The van der Waals surface area contributed by atoms with E-state index < -0.39 is 47.9 Å². The van der Waals surface area contributed by atoms with E-state index in [1.807, 2.05) is 24.3 Å². The SMILES string of the molecule is CC(NC(=O)C(Cc1c[nH]c2ccccc12)NC(=O)C(NC(=O)C(N)CCCCN)C(C)C)C(=O)O. The highest BCUT2D eigenvalue weighted by Gasteiger charge is 2.31. The van der Waals surface area contributed by atoms with Gasteiger partial charge in [-0.3, -0.25) is 19.2 Å². The average Bonchev–Trinajstić information content (AvgIpc) is 3.24. The normalized spacial score (nSPS) is 14.6. The van der Waals surface area contributed by atoms with Crippen molar-refractivity contribution in [3.63, 3.8) is 0 Å². The molecule has 0 aliphatic carbocycles. The highest BCUT2D eigenvalue weighted by atomic mass is 16.4. The van der Waals surface area contributed by atoms with Crippen LogP contribution in [0, 0.1) is 5.92 Å². The Morgan fingerprint density at radius 2 is 1.67 bits per heavy atom. The van der Waals surface area contributed by atoms with E-state index >= 15 is 0 Å². The van der Waals surface area contributed by atoms with Gasteiger partial charge in [-0.25, -0.2) is 0 Å². The van der Waals surface area contributed by atoms with Crippen molar-refractivity contribution in [3.8, 4) is 0 Å². The molecule has 1 aromatic carbocycles. The highest BCUT2D eigenvalue weighted by molar-refractivity contribution is 5.94. The van der Waals surface area contributed by atoms with E-state index in [-0.39, 0.29) is 12.3 Å². The van der Waals surface area contributed by atoms with E-state index in [0.717, 1.165) is 22.9 Å². The quantitative estimate of drug-likeness (QED) is 0.181. The Bertz CT molecular complexity index is 1050. The van der Waals surface area contributed by atoms with Crippen molar-refractivity contribution in [2.45, 2.75) is 70.6 Å². The van der Waals surface area contributed by atoms with E-state index in [4.69, 9.17) is 11.5 Å². The van der Waals surface area contributed by atoms with Crippen molar-refractivity contribution in [2.24, 2.45) is 17.4 Å². The molecule has 0 fully saturated rings. The van der Waals surface area contributed by atoms with Crippen molar-refractivity contribution in [2.75, 3.05) is 6.54 Å². The smallest absolute Gasteiger partial charge is 0.325 e. The summed E-state index contributed by atoms with van der Waals surface area (Å²) in [4.78, 5) is 53.3. The average molecular weight is 503 g/mol. The lowest BCUT2D eigenvalue weighted by Gasteiger charge is -2.26. The first-order valence-electron chi connectivity index (χ1n) is 12.2. The predicted molar refractivity (Wildman–Crippen MR) is 137 cm³/mol. The number of nitrogens with one attached hydrogen (secondary N) is 4. The number of aromatic amines is 1. The Hall–Kier alpha value is -3.44. The van der Waals surface area contributed by atoms with Gasteiger partial charge in [-0.15, -0.1) is 0 Å². The zero-order valence-electron chi connectivity index (χ0n) is 21.0. The van der Waals surface area contributed by atoms with Crippen LogP contribution in [-0.4, -0.2) is 64.5 Å². The van der Waals surface area contributed by atoms with Gasteiger partial charge in [0.2, 0.25) is 17.7 Å². The zero-order chi connectivity index (χ0) is 26.8. The molecule has 4 unspecified atom stereocenters. The molecule has 11 nitrogen and oxygen atoms in total. The summed E-state index contributed by atoms with van der Waals surface area (Å²) in [6.07, 6.45) is 3.74. The molecule has 0 aliphatic heterocycles. The van der Waals surface area contributed by atoms with Gasteiger partial charge in [0.05, 0.1) is 6.04 Å². The first kappa shape index (κ1) is 28.8. The second kappa shape index (κ2) is 13.6. The summed E-state index contributed by atoms with van der Waals surface area (Å²) in [7, 11) is 0. The van der Waals surface area contributed by atoms with Crippen LogP contribution in [0.5, 0.6) is 0 Å². The maximum atomic E-state index is 13.2. The van der Waals surface area contributed by atoms with Gasteiger partial charge >= 0.3 is 5.97 Å². The van der Waals surface area contributed by atoms with E-state index in [0.29, 0.717) is 19.4 Å². The number of carbonyl (C=O) groups is 4. The Morgan fingerprint density at radius 1 is 0.972 bits per heavy atom. The van der Waals surface area contributed by atoms with Crippen LogP contribution in [0.3, 0.4) is 0 Å². The summed E-state index contributed by atoms with van der Waals surface area (Å²) < 4.78 is 0. The van der Waals surface area contributed by atoms with E-state index in [1.54, 1.807) is 20.0 Å². The lowest BCUT2D eigenvalue weighted by molar-refractivity contribution is -0.141. The molecule has 36 heavy (non-hydrogen) atoms. The van der Waals surface area contributed by atoms with Crippen molar-refractivity contribution in [1.82, 2.24) is 20.9 Å². The second-order valence-corrected chi connectivity index (χ2v) is 9.31. The predicted octanol–water partition coefficient (Wildman–Crippen LogP) is 0.382. The zero-order valence-corrected chi connectivity index (χ0v) is 21.0. The number of H-pyrrole nitrogens is 1. The van der Waals surface area contributed by atoms with Gasteiger partial charge < -0.3 is 37.5 Å². The number of fused-ring (bicyclic) bond motifs is 1. The number of hydrogen-bond donors (Lipinski definition) is 7. The fraction of sp³-hybridized carbons (Fsp3) is 0.520. The summed E-state index contributed by atoms with van der Waals surface area (Å²) >= 11 is 0. The number of nitrogens with two attached hydrogens (primary N) is 2. The molecule has 2 aromatic rings. The fourth-order valence-electron chi connectivity index (χ4n) is 3.80. The number of amides is 3. The molecule has 0 radical (unpaired) electrons. The van der Waals surface area contributed by atoms with Crippen LogP contribution < -0.4 is 27.4 Å². The van der Waals surface area contributed by atoms with Crippen LogP contribution in [-0.2, 0) is 25.6 Å². The minimum atomic E-state index is -1.20. The lowest BCUT2D eigenvalue weighted by Crippen LogP contribution is -2.58. The molecule has 4 atom stereocenters. The van der Waals surface area contributed by atoms with Crippen molar-refractivity contribution >= 4 is 34.6 Å².